The molecule has 0 saturated heterocycles. The third-order valence-electron chi connectivity index (χ3n) is 1.72. The number of aromatic nitrogens is 2. The molecule has 0 atom stereocenters. The van der Waals surface area contributed by atoms with Crippen molar-refractivity contribution < 1.29 is 9.63 Å². The molecule has 0 unspecified atom stereocenters. The molecular weight excluding hydrogens is 184 g/mol. The molecule has 1 aromatic heterocycles. The molecule has 6 nitrogen and oxygen atoms in total. The third kappa shape index (κ3) is 1.33. The average molecular weight is 192 g/mol. The molecule has 5 N–H and O–H groups in total. The molecule has 0 radical (unpaired) electrons. The van der Waals surface area contributed by atoms with Crippen LogP contribution in [0.4, 0.5) is 11.6 Å². The van der Waals surface area contributed by atoms with E-state index in [0.29, 0.717) is 11.3 Å². The van der Waals surface area contributed by atoms with Gasteiger partial charge >= 0.3 is 0 Å². The summed E-state index contributed by atoms with van der Waals surface area (Å²) >= 11 is 0. The van der Waals surface area contributed by atoms with Crippen molar-refractivity contribution in [3.63, 3.8) is 0 Å². The van der Waals surface area contributed by atoms with Gasteiger partial charge in [-0.3, -0.25) is 0 Å². The Morgan fingerprint density at radius 3 is 2.64 bits per heavy atom. The number of nitrogens with two attached hydrogens (primary N) is 2. The first-order valence-corrected chi connectivity index (χ1v) is 3.85. The number of hydrogen-bond acceptors (Lipinski definition) is 6. The van der Waals surface area contributed by atoms with E-state index in [1.807, 2.05) is 0 Å². The van der Waals surface area contributed by atoms with Crippen LogP contribution in [-0.2, 0) is 0 Å². The van der Waals surface area contributed by atoms with Crippen molar-refractivity contribution in [2.45, 2.75) is 0 Å². The monoisotopic (exact) mass is 192 g/mol. The highest BCUT2D eigenvalue weighted by atomic mass is 16.5. The minimum atomic E-state index is -0.0285. The molecule has 6 heteroatoms. The maximum atomic E-state index is 9.32. The van der Waals surface area contributed by atoms with Crippen LogP contribution in [0.25, 0.3) is 11.5 Å². The number of nitrogen functional groups attached to an aromatic ring is 2. The van der Waals surface area contributed by atoms with Crippen molar-refractivity contribution in [3.05, 3.63) is 18.2 Å². The summed E-state index contributed by atoms with van der Waals surface area (Å²) in [6.45, 7) is 0. The van der Waals surface area contributed by atoms with E-state index < -0.39 is 0 Å². The Kier molecular flexibility index (Phi) is 1.74. The maximum Gasteiger partial charge on any atom is 0.261 e. The Morgan fingerprint density at radius 1 is 1.29 bits per heavy atom. The SMILES string of the molecule is Nc1noc(-c2ccc(N)c(O)c2)n1. The van der Waals surface area contributed by atoms with Gasteiger partial charge in [0.25, 0.3) is 11.8 Å². The number of phenols is 1. The molecule has 1 aromatic carbocycles. The normalized spacial score (nSPS) is 10.3. The summed E-state index contributed by atoms with van der Waals surface area (Å²) in [5.41, 5.74) is 11.6. The van der Waals surface area contributed by atoms with Gasteiger partial charge in [0.2, 0.25) is 0 Å². The van der Waals surface area contributed by atoms with Gasteiger partial charge < -0.3 is 21.1 Å². The van der Waals surface area contributed by atoms with Crippen molar-refractivity contribution in [1.82, 2.24) is 10.1 Å². The van der Waals surface area contributed by atoms with Crippen molar-refractivity contribution >= 4 is 11.6 Å². The number of phenolic OH excluding ortho intramolecular Hbond substituents is 1. The smallest absolute Gasteiger partial charge is 0.261 e. The topological polar surface area (TPSA) is 111 Å². The fraction of sp³-hybridized carbons (Fsp3) is 0. The van der Waals surface area contributed by atoms with Gasteiger partial charge in [0, 0.05) is 5.56 Å². The standard InChI is InChI=1S/C8H8N4O2/c9-5-2-1-4(3-6(5)13)7-11-8(10)12-14-7/h1-3,13H,9H2,(H2,10,12). The lowest BCUT2D eigenvalue weighted by atomic mass is 10.2. The predicted molar refractivity (Wildman–Crippen MR) is 50.2 cm³/mol. The van der Waals surface area contributed by atoms with Crippen molar-refractivity contribution in [2.75, 3.05) is 11.5 Å². The lowest BCUT2D eigenvalue weighted by Gasteiger charge is -1.98. The minimum Gasteiger partial charge on any atom is -0.506 e. The number of aromatic hydroxyl groups is 1. The number of hydrogen-bond donors (Lipinski definition) is 3. The molecule has 1 heterocycles. The first-order valence-electron chi connectivity index (χ1n) is 3.85. The number of rotatable bonds is 1. The highest BCUT2D eigenvalue weighted by Gasteiger charge is 2.08. The van der Waals surface area contributed by atoms with Crippen LogP contribution >= 0.6 is 0 Å². The van der Waals surface area contributed by atoms with Crippen molar-refractivity contribution in [1.29, 1.82) is 0 Å². The summed E-state index contributed by atoms with van der Waals surface area (Å²) in [5, 5.41) is 12.7. The average Bonchev–Trinajstić information content (AvgIpc) is 2.57. The van der Waals surface area contributed by atoms with Crippen LogP contribution in [0.1, 0.15) is 0 Å². The van der Waals surface area contributed by atoms with E-state index in [1.165, 1.54) is 6.07 Å². The Hall–Kier alpha value is -2.24. The summed E-state index contributed by atoms with van der Waals surface area (Å²) in [5.74, 6) is 0.272. The highest BCUT2D eigenvalue weighted by molar-refractivity contribution is 5.64. The summed E-state index contributed by atoms with van der Waals surface area (Å²) < 4.78 is 4.81. The van der Waals surface area contributed by atoms with E-state index in [-0.39, 0.29) is 17.6 Å². The molecule has 0 amide bonds. The van der Waals surface area contributed by atoms with Crippen molar-refractivity contribution in [3.8, 4) is 17.2 Å². The summed E-state index contributed by atoms with van der Waals surface area (Å²) in [7, 11) is 0. The molecule has 0 aliphatic heterocycles. The number of nitrogens with zero attached hydrogens (tertiary/aromatic N) is 2. The zero-order valence-corrected chi connectivity index (χ0v) is 7.14. The summed E-state index contributed by atoms with van der Waals surface area (Å²) in [6, 6.07) is 4.63. The molecule has 72 valence electrons. The Morgan fingerprint density at radius 2 is 2.07 bits per heavy atom. The quantitative estimate of drug-likeness (QED) is 0.450. The molecule has 0 bridgehead atoms. The van der Waals surface area contributed by atoms with Gasteiger partial charge in [-0.05, 0) is 23.4 Å². The zero-order valence-electron chi connectivity index (χ0n) is 7.14. The van der Waals surface area contributed by atoms with Gasteiger partial charge in [-0.15, -0.1) is 0 Å². The molecule has 2 rings (SSSR count). The van der Waals surface area contributed by atoms with Crippen LogP contribution in [0.15, 0.2) is 22.7 Å². The van der Waals surface area contributed by atoms with Gasteiger partial charge in [-0.25, -0.2) is 0 Å². The molecule has 0 aliphatic rings. The van der Waals surface area contributed by atoms with Gasteiger partial charge in [0.15, 0.2) is 0 Å². The van der Waals surface area contributed by atoms with E-state index in [2.05, 4.69) is 10.1 Å². The highest BCUT2D eigenvalue weighted by Crippen LogP contribution is 2.26. The minimum absolute atomic E-state index is 0.0285. The Balaban J connectivity index is 2.47. The number of anilines is 2. The van der Waals surface area contributed by atoms with E-state index in [1.54, 1.807) is 12.1 Å². The lowest BCUT2D eigenvalue weighted by Crippen LogP contribution is -1.87. The van der Waals surface area contributed by atoms with Crippen LogP contribution in [0.2, 0.25) is 0 Å². The molecule has 0 aliphatic carbocycles. The van der Waals surface area contributed by atoms with Crippen LogP contribution in [-0.4, -0.2) is 15.2 Å². The van der Waals surface area contributed by atoms with E-state index >= 15 is 0 Å². The summed E-state index contributed by atoms with van der Waals surface area (Å²) in [4.78, 5) is 3.80. The second-order valence-corrected chi connectivity index (χ2v) is 2.73. The molecule has 2 aromatic rings. The van der Waals surface area contributed by atoms with Gasteiger partial charge in [-0.2, -0.15) is 4.98 Å². The predicted octanol–water partition coefficient (Wildman–Crippen LogP) is 0.607. The molecule has 0 fully saturated rings. The molecule has 0 spiro atoms. The maximum absolute atomic E-state index is 9.32. The largest absolute Gasteiger partial charge is 0.506 e. The zero-order chi connectivity index (χ0) is 10.1. The first-order chi connectivity index (χ1) is 6.66. The van der Waals surface area contributed by atoms with Gasteiger partial charge in [0.1, 0.15) is 5.75 Å². The van der Waals surface area contributed by atoms with Crippen LogP contribution in [0, 0.1) is 0 Å². The van der Waals surface area contributed by atoms with Crippen LogP contribution in [0.5, 0.6) is 5.75 Å². The van der Waals surface area contributed by atoms with E-state index in [9.17, 15) is 5.11 Å². The lowest BCUT2D eigenvalue weighted by molar-refractivity contribution is 0.432. The molecular formula is C8H8N4O2. The summed E-state index contributed by atoms with van der Waals surface area (Å²) in [6.07, 6.45) is 0. The second-order valence-electron chi connectivity index (χ2n) is 2.73. The third-order valence-corrected chi connectivity index (χ3v) is 1.72. The Bertz CT molecular complexity index is 466. The molecule has 0 saturated carbocycles. The van der Waals surface area contributed by atoms with Crippen LogP contribution < -0.4 is 11.5 Å². The van der Waals surface area contributed by atoms with Crippen LogP contribution in [0.3, 0.4) is 0 Å². The van der Waals surface area contributed by atoms with Gasteiger partial charge in [-0.1, -0.05) is 0 Å². The van der Waals surface area contributed by atoms with E-state index in [4.69, 9.17) is 16.0 Å². The second kappa shape index (κ2) is 2.91. The number of benzene rings is 1. The first kappa shape index (κ1) is 8.36. The van der Waals surface area contributed by atoms with E-state index in [0.717, 1.165) is 0 Å². The fourth-order valence-electron chi connectivity index (χ4n) is 1.03. The molecule has 14 heavy (non-hydrogen) atoms. The van der Waals surface area contributed by atoms with Gasteiger partial charge in [0.05, 0.1) is 5.69 Å². The fourth-order valence-corrected chi connectivity index (χ4v) is 1.03. The van der Waals surface area contributed by atoms with Crippen molar-refractivity contribution in [2.24, 2.45) is 0 Å². The Labute approximate surface area is 79.1 Å².